The Hall–Kier alpha value is -0.320. The van der Waals surface area contributed by atoms with Crippen LogP contribution in [0.3, 0.4) is 0 Å². The number of aromatic nitrogens is 1. The maximum absolute atomic E-state index is 6.16. The lowest BCUT2D eigenvalue weighted by molar-refractivity contribution is 0.571. The van der Waals surface area contributed by atoms with E-state index >= 15 is 0 Å². The number of nitrogens with zero attached hydrogens (tertiary/aromatic N) is 1. The quantitative estimate of drug-likeness (QED) is 0.736. The molecule has 5 heteroatoms. The van der Waals surface area contributed by atoms with Crippen LogP contribution in [0.15, 0.2) is 33.5 Å². The van der Waals surface area contributed by atoms with Gasteiger partial charge >= 0.3 is 0 Å². The fourth-order valence-corrected chi connectivity index (χ4v) is 2.24. The summed E-state index contributed by atoms with van der Waals surface area (Å²) >= 11 is 12.9. The number of hydrogen-bond acceptors (Lipinski definition) is 2. The van der Waals surface area contributed by atoms with Gasteiger partial charge in [0, 0.05) is 15.4 Å². The first-order chi connectivity index (χ1) is 7.24. The van der Waals surface area contributed by atoms with Gasteiger partial charge in [-0.1, -0.05) is 33.6 Å². The Bertz CT molecular complexity index is 484. The molecule has 0 aliphatic heterocycles. The lowest BCUT2D eigenvalue weighted by Crippen LogP contribution is -1.84. The SMILES string of the molecule is Clc1c(Br)cccc1-c1ocnc1CBr. The predicted octanol–water partition coefficient (Wildman–Crippen LogP) is 4.65. The lowest BCUT2D eigenvalue weighted by atomic mass is 10.1. The minimum absolute atomic E-state index is 0.636. The molecule has 15 heavy (non-hydrogen) atoms. The molecule has 0 bridgehead atoms. The second kappa shape index (κ2) is 4.68. The largest absolute Gasteiger partial charge is 0.443 e. The lowest BCUT2D eigenvalue weighted by Gasteiger charge is -2.03. The van der Waals surface area contributed by atoms with E-state index in [-0.39, 0.29) is 0 Å². The highest BCUT2D eigenvalue weighted by Crippen LogP contribution is 2.35. The Kier molecular flexibility index (Phi) is 3.49. The molecule has 0 spiro atoms. The van der Waals surface area contributed by atoms with Crippen LogP contribution in [0.25, 0.3) is 11.3 Å². The van der Waals surface area contributed by atoms with Crippen molar-refractivity contribution in [2.45, 2.75) is 5.33 Å². The Morgan fingerprint density at radius 1 is 1.40 bits per heavy atom. The van der Waals surface area contributed by atoms with Gasteiger partial charge < -0.3 is 4.42 Å². The van der Waals surface area contributed by atoms with Crippen molar-refractivity contribution in [3.05, 3.63) is 39.8 Å². The predicted molar refractivity (Wildman–Crippen MR) is 67.3 cm³/mol. The van der Waals surface area contributed by atoms with E-state index in [0.29, 0.717) is 16.1 Å². The summed E-state index contributed by atoms with van der Waals surface area (Å²) in [5.74, 6) is 0.707. The van der Waals surface area contributed by atoms with E-state index in [9.17, 15) is 0 Å². The molecule has 0 aliphatic rings. The van der Waals surface area contributed by atoms with Crippen molar-refractivity contribution in [2.75, 3.05) is 0 Å². The van der Waals surface area contributed by atoms with Gasteiger partial charge in [0.15, 0.2) is 12.2 Å². The monoisotopic (exact) mass is 349 g/mol. The third kappa shape index (κ3) is 2.12. The zero-order valence-corrected chi connectivity index (χ0v) is 11.4. The van der Waals surface area contributed by atoms with Crippen molar-refractivity contribution in [3.8, 4) is 11.3 Å². The van der Waals surface area contributed by atoms with Gasteiger partial charge in [-0.15, -0.1) is 0 Å². The second-order valence-corrected chi connectivity index (χ2v) is 4.66. The fourth-order valence-electron chi connectivity index (χ4n) is 1.26. The number of halogens is 3. The molecule has 0 N–H and O–H groups in total. The van der Waals surface area contributed by atoms with E-state index in [1.807, 2.05) is 18.2 Å². The van der Waals surface area contributed by atoms with Gasteiger partial charge in [-0.05, 0) is 28.1 Å². The van der Waals surface area contributed by atoms with Crippen LogP contribution in [0, 0.1) is 0 Å². The molecule has 78 valence electrons. The average Bonchev–Trinajstić information content (AvgIpc) is 2.70. The summed E-state index contributed by atoms with van der Waals surface area (Å²) in [6, 6.07) is 5.70. The number of alkyl halides is 1. The summed E-state index contributed by atoms with van der Waals surface area (Å²) in [5, 5.41) is 1.28. The van der Waals surface area contributed by atoms with Crippen molar-refractivity contribution < 1.29 is 4.42 Å². The van der Waals surface area contributed by atoms with Gasteiger partial charge in [0.25, 0.3) is 0 Å². The van der Waals surface area contributed by atoms with Crippen molar-refractivity contribution in [1.82, 2.24) is 4.98 Å². The maximum atomic E-state index is 6.16. The zero-order chi connectivity index (χ0) is 10.8. The molecule has 0 aliphatic carbocycles. The molecule has 0 radical (unpaired) electrons. The van der Waals surface area contributed by atoms with Gasteiger partial charge in [-0.25, -0.2) is 4.98 Å². The van der Waals surface area contributed by atoms with Crippen LogP contribution in [0.4, 0.5) is 0 Å². The van der Waals surface area contributed by atoms with Crippen LogP contribution < -0.4 is 0 Å². The second-order valence-electron chi connectivity index (χ2n) is 2.86. The van der Waals surface area contributed by atoms with Crippen LogP contribution in [0.5, 0.6) is 0 Å². The van der Waals surface area contributed by atoms with Gasteiger partial charge in [-0.3, -0.25) is 0 Å². The molecular weight excluding hydrogens is 345 g/mol. The molecule has 1 aromatic heterocycles. The first-order valence-corrected chi connectivity index (χ1v) is 6.46. The summed E-state index contributed by atoms with van der Waals surface area (Å²) in [5.41, 5.74) is 1.69. The summed E-state index contributed by atoms with van der Waals surface area (Å²) in [4.78, 5) is 4.09. The van der Waals surface area contributed by atoms with Gasteiger partial charge in [0.1, 0.15) is 0 Å². The molecule has 2 nitrogen and oxygen atoms in total. The summed E-state index contributed by atoms with van der Waals surface area (Å²) < 4.78 is 6.18. The number of rotatable bonds is 2. The third-order valence-corrected chi connectivity index (χ3v) is 3.79. The molecule has 2 rings (SSSR count). The van der Waals surface area contributed by atoms with Gasteiger partial charge in [0.2, 0.25) is 0 Å². The van der Waals surface area contributed by atoms with Gasteiger partial charge in [0.05, 0.1) is 10.7 Å². The molecular formula is C10H6Br2ClNO. The zero-order valence-electron chi connectivity index (χ0n) is 7.51. The summed E-state index contributed by atoms with van der Waals surface area (Å²) in [7, 11) is 0. The number of hydrogen-bond donors (Lipinski definition) is 0. The van der Waals surface area contributed by atoms with Crippen LogP contribution >= 0.6 is 43.5 Å². The highest BCUT2D eigenvalue weighted by atomic mass is 79.9. The van der Waals surface area contributed by atoms with Crippen molar-refractivity contribution >= 4 is 43.5 Å². The van der Waals surface area contributed by atoms with E-state index in [2.05, 4.69) is 36.8 Å². The molecule has 0 saturated heterocycles. The van der Waals surface area contributed by atoms with E-state index < -0.39 is 0 Å². The van der Waals surface area contributed by atoms with Crippen LogP contribution in [0.1, 0.15) is 5.69 Å². The first-order valence-electron chi connectivity index (χ1n) is 4.16. The minimum atomic E-state index is 0.636. The molecule has 0 saturated carbocycles. The topological polar surface area (TPSA) is 26.0 Å². The standard InChI is InChI=1S/C10H6Br2ClNO/c11-4-8-10(15-5-14-8)6-2-1-3-7(12)9(6)13/h1-3,5H,4H2. The highest BCUT2D eigenvalue weighted by molar-refractivity contribution is 9.10. The number of oxazole rings is 1. The van der Waals surface area contributed by atoms with Crippen molar-refractivity contribution in [2.24, 2.45) is 0 Å². The van der Waals surface area contributed by atoms with E-state index in [1.165, 1.54) is 6.39 Å². The van der Waals surface area contributed by atoms with Crippen LogP contribution in [0.2, 0.25) is 5.02 Å². The van der Waals surface area contributed by atoms with Gasteiger partial charge in [-0.2, -0.15) is 0 Å². The van der Waals surface area contributed by atoms with Crippen LogP contribution in [-0.4, -0.2) is 4.98 Å². The van der Waals surface area contributed by atoms with E-state index in [1.54, 1.807) is 0 Å². The normalized spacial score (nSPS) is 10.6. The molecule has 0 amide bonds. The summed E-state index contributed by atoms with van der Waals surface area (Å²) in [6.07, 6.45) is 1.42. The Labute approximate surface area is 109 Å². The fraction of sp³-hybridized carbons (Fsp3) is 0.100. The Morgan fingerprint density at radius 2 is 2.20 bits per heavy atom. The smallest absolute Gasteiger partial charge is 0.181 e. The Morgan fingerprint density at radius 3 is 2.93 bits per heavy atom. The Balaban J connectivity index is 2.59. The first kappa shape index (κ1) is 11.2. The minimum Gasteiger partial charge on any atom is -0.443 e. The van der Waals surface area contributed by atoms with Crippen molar-refractivity contribution in [1.29, 1.82) is 0 Å². The molecule has 0 atom stereocenters. The van der Waals surface area contributed by atoms with E-state index in [0.717, 1.165) is 15.7 Å². The van der Waals surface area contributed by atoms with E-state index in [4.69, 9.17) is 16.0 Å². The third-order valence-electron chi connectivity index (χ3n) is 1.96. The van der Waals surface area contributed by atoms with Crippen LogP contribution in [-0.2, 0) is 5.33 Å². The molecule has 2 aromatic rings. The number of benzene rings is 1. The summed E-state index contributed by atoms with van der Waals surface area (Å²) in [6.45, 7) is 0. The molecule has 1 aromatic carbocycles. The highest BCUT2D eigenvalue weighted by Gasteiger charge is 2.14. The average molecular weight is 351 g/mol. The maximum Gasteiger partial charge on any atom is 0.181 e. The molecule has 0 unspecified atom stereocenters. The molecule has 0 fully saturated rings. The molecule has 1 heterocycles. The van der Waals surface area contributed by atoms with Crippen molar-refractivity contribution in [3.63, 3.8) is 0 Å².